The van der Waals surface area contributed by atoms with Crippen molar-refractivity contribution < 1.29 is 61.2 Å². The van der Waals surface area contributed by atoms with E-state index < -0.39 is 34.4 Å². The first-order valence-corrected chi connectivity index (χ1v) is 8.73. The van der Waals surface area contributed by atoms with Crippen molar-refractivity contribution in [3.05, 3.63) is 18.0 Å². The summed E-state index contributed by atoms with van der Waals surface area (Å²) in [5, 5.41) is 4.48. The first-order chi connectivity index (χ1) is 11.8. The van der Waals surface area contributed by atoms with Gasteiger partial charge in [0, 0.05) is 19.8 Å². The zero-order valence-corrected chi connectivity index (χ0v) is 17.0. The van der Waals surface area contributed by atoms with E-state index in [0.717, 1.165) is 10.6 Å². The van der Waals surface area contributed by atoms with Crippen molar-refractivity contribution in [3.63, 3.8) is 0 Å². The van der Waals surface area contributed by atoms with Crippen LogP contribution >= 0.6 is 0 Å². The molecule has 14 heteroatoms. The van der Waals surface area contributed by atoms with Crippen LogP contribution in [0.2, 0.25) is 0 Å². The van der Waals surface area contributed by atoms with Crippen LogP contribution in [0.4, 0.5) is 4.79 Å². The molecular formula is C12H16N5NaO7S. The first-order valence-electron chi connectivity index (χ1n) is 7.40. The molecule has 0 radical (unpaired) electrons. The average Bonchev–Trinajstić information content (AvgIpc) is 3.04. The molecule has 1 N–H and O–H groups in total. The van der Waals surface area contributed by atoms with Gasteiger partial charge in [0.05, 0.1) is 11.7 Å². The molecule has 2 aliphatic heterocycles. The Balaban J connectivity index is 0.00000243. The van der Waals surface area contributed by atoms with E-state index >= 15 is 0 Å². The number of rotatable bonds is 6. The second-order valence-corrected chi connectivity index (χ2v) is 6.66. The number of piperidine rings is 1. The molecule has 0 aliphatic carbocycles. The summed E-state index contributed by atoms with van der Waals surface area (Å²) >= 11 is 0. The Hall–Kier alpha value is -1.22. The van der Waals surface area contributed by atoms with Crippen molar-refractivity contribution in [1.82, 2.24) is 25.2 Å². The van der Waals surface area contributed by atoms with Crippen LogP contribution in [0.15, 0.2) is 12.3 Å². The molecule has 2 atom stereocenters. The number of fused-ring (bicyclic) bond motifs is 2. The topological polar surface area (TPSA) is 146 Å². The molecule has 26 heavy (non-hydrogen) atoms. The number of aryl methyl sites for hydroxylation is 1. The molecule has 138 valence electrons. The summed E-state index contributed by atoms with van der Waals surface area (Å²) in [6.07, 6.45) is 2.19. The van der Waals surface area contributed by atoms with Crippen LogP contribution < -0.4 is 35.0 Å². The quantitative estimate of drug-likeness (QED) is 0.219. The number of carbonyl (C=O) groups is 2. The van der Waals surface area contributed by atoms with E-state index in [-0.39, 0.29) is 49.1 Å². The number of amides is 3. The number of hydrogen-bond donors (Lipinski definition) is 1. The van der Waals surface area contributed by atoms with Crippen LogP contribution in [-0.2, 0) is 38.0 Å². The van der Waals surface area contributed by atoms with Gasteiger partial charge < -0.3 is 9.45 Å². The van der Waals surface area contributed by atoms with E-state index in [1.54, 1.807) is 24.0 Å². The molecule has 0 aromatic carbocycles. The molecule has 3 amide bonds. The van der Waals surface area contributed by atoms with E-state index in [2.05, 4.69) is 14.9 Å². The monoisotopic (exact) mass is 397 g/mol. The van der Waals surface area contributed by atoms with Crippen LogP contribution in [0.1, 0.15) is 18.5 Å². The summed E-state index contributed by atoms with van der Waals surface area (Å²) in [6, 6.07) is -0.539. The number of nitrogens with zero attached hydrogens (tertiary/aromatic N) is 4. The SMILES string of the molecule is Cn1nccc1CONC(=O)[C@@H]1CC[C@@H]2CN1C(=O)N2OS(=O)(=O)[O-].[Na+]. The van der Waals surface area contributed by atoms with Gasteiger partial charge in [-0.25, -0.2) is 18.7 Å². The molecule has 1 aromatic heterocycles. The van der Waals surface area contributed by atoms with Gasteiger partial charge in [0.15, 0.2) is 0 Å². The Labute approximate surface area is 171 Å². The van der Waals surface area contributed by atoms with Gasteiger partial charge >= 0.3 is 35.6 Å². The van der Waals surface area contributed by atoms with Crippen LogP contribution in [0.25, 0.3) is 0 Å². The third-order valence-electron chi connectivity index (χ3n) is 4.11. The van der Waals surface area contributed by atoms with Gasteiger partial charge in [-0.05, 0) is 18.9 Å². The number of urea groups is 1. The van der Waals surface area contributed by atoms with Crippen molar-refractivity contribution in [2.75, 3.05) is 6.54 Å². The second kappa shape index (κ2) is 8.21. The van der Waals surface area contributed by atoms with E-state index in [1.165, 1.54) is 0 Å². The molecule has 12 nitrogen and oxygen atoms in total. The molecule has 2 aliphatic rings. The standard InChI is InChI=1S/C12H17N5O7S.Na/c1-15-9(4-5-13-15)7-23-14-11(18)10-3-2-8-6-16(10)12(19)17(8)24-25(20,21)22;/h4-5,8,10H,2-3,6-7H2,1H3,(H,14,18)(H,20,21,22);/q;+1/p-1/t8-,10+;/m1./s1. The number of hydrogen-bond acceptors (Lipinski definition) is 8. The maximum atomic E-state index is 12.2. The fourth-order valence-corrected chi connectivity index (χ4v) is 3.28. The summed E-state index contributed by atoms with van der Waals surface area (Å²) < 4.78 is 37.9. The van der Waals surface area contributed by atoms with Crippen molar-refractivity contribution in [2.45, 2.75) is 31.5 Å². The van der Waals surface area contributed by atoms with Crippen molar-refractivity contribution >= 4 is 22.3 Å². The molecule has 0 saturated carbocycles. The van der Waals surface area contributed by atoms with Crippen LogP contribution in [-0.4, -0.2) is 63.3 Å². The molecule has 0 unspecified atom stereocenters. The average molecular weight is 397 g/mol. The molecular weight excluding hydrogens is 381 g/mol. The number of nitrogens with one attached hydrogen (secondary N) is 1. The summed E-state index contributed by atoms with van der Waals surface area (Å²) in [5.41, 5.74) is 3.01. The molecule has 3 heterocycles. The number of aromatic nitrogens is 2. The third kappa shape index (κ3) is 4.54. The van der Waals surface area contributed by atoms with Gasteiger partial charge in [-0.2, -0.15) is 14.4 Å². The number of carbonyl (C=O) groups excluding carboxylic acids is 2. The fourth-order valence-electron chi connectivity index (χ4n) is 2.89. The summed E-state index contributed by atoms with van der Waals surface area (Å²) in [7, 11) is -3.34. The van der Waals surface area contributed by atoms with Gasteiger partial charge in [-0.1, -0.05) is 0 Å². The van der Waals surface area contributed by atoms with Crippen LogP contribution in [0, 0.1) is 0 Å². The molecule has 2 fully saturated rings. The maximum Gasteiger partial charge on any atom is 1.00 e. The van der Waals surface area contributed by atoms with Gasteiger partial charge in [0.25, 0.3) is 5.91 Å². The molecule has 2 saturated heterocycles. The first kappa shape index (κ1) is 21.1. The zero-order valence-electron chi connectivity index (χ0n) is 14.2. The fraction of sp³-hybridized carbons (Fsp3) is 0.583. The minimum atomic E-state index is -5.07. The number of hydroxylamine groups is 3. The normalized spacial score (nSPS) is 22.3. The molecule has 0 spiro atoms. The Morgan fingerprint density at radius 1 is 1.46 bits per heavy atom. The largest absolute Gasteiger partial charge is 1.00 e. The van der Waals surface area contributed by atoms with E-state index in [1.807, 2.05) is 0 Å². The smallest absolute Gasteiger partial charge is 0.724 e. The Morgan fingerprint density at radius 2 is 2.19 bits per heavy atom. The summed E-state index contributed by atoms with van der Waals surface area (Å²) in [6.45, 7) is 0.184. The van der Waals surface area contributed by atoms with Crippen LogP contribution in [0.3, 0.4) is 0 Å². The van der Waals surface area contributed by atoms with Gasteiger partial charge in [0.2, 0.25) is 10.4 Å². The Morgan fingerprint density at radius 3 is 2.81 bits per heavy atom. The van der Waals surface area contributed by atoms with E-state index in [9.17, 15) is 22.6 Å². The molecule has 1 aromatic rings. The van der Waals surface area contributed by atoms with E-state index in [4.69, 9.17) is 4.84 Å². The minimum absolute atomic E-state index is 0. The summed E-state index contributed by atoms with van der Waals surface area (Å²) in [4.78, 5) is 30.7. The zero-order chi connectivity index (χ0) is 18.2. The van der Waals surface area contributed by atoms with Crippen molar-refractivity contribution in [2.24, 2.45) is 7.05 Å². The van der Waals surface area contributed by atoms with Crippen molar-refractivity contribution in [1.29, 1.82) is 0 Å². The minimum Gasteiger partial charge on any atom is -0.724 e. The summed E-state index contributed by atoms with van der Waals surface area (Å²) in [5.74, 6) is -0.541. The molecule has 3 rings (SSSR count). The Bertz CT molecular complexity index is 785. The van der Waals surface area contributed by atoms with Crippen molar-refractivity contribution in [3.8, 4) is 0 Å². The van der Waals surface area contributed by atoms with Gasteiger partial charge in [-0.15, -0.1) is 0 Å². The molecule has 2 bridgehead atoms. The maximum absolute atomic E-state index is 12.2. The third-order valence-corrected chi connectivity index (χ3v) is 4.46. The predicted octanol–water partition coefficient (Wildman–Crippen LogP) is -4.37. The predicted molar refractivity (Wildman–Crippen MR) is 77.7 cm³/mol. The second-order valence-electron chi connectivity index (χ2n) is 5.69. The van der Waals surface area contributed by atoms with Crippen LogP contribution in [0.5, 0.6) is 0 Å². The Kier molecular flexibility index (Phi) is 6.65. The van der Waals surface area contributed by atoms with Gasteiger partial charge in [-0.3, -0.25) is 14.3 Å². The van der Waals surface area contributed by atoms with E-state index in [0.29, 0.717) is 11.5 Å². The van der Waals surface area contributed by atoms with Gasteiger partial charge in [0.1, 0.15) is 12.6 Å².